The van der Waals surface area contributed by atoms with E-state index < -0.39 is 0 Å². The summed E-state index contributed by atoms with van der Waals surface area (Å²) < 4.78 is 1.95. The van der Waals surface area contributed by atoms with E-state index >= 15 is 0 Å². The number of aryl methyl sites for hydroxylation is 2. The van der Waals surface area contributed by atoms with Crippen molar-refractivity contribution >= 4 is 17.6 Å². The molecule has 0 amide bonds. The number of hydrogen-bond acceptors (Lipinski definition) is 2. The van der Waals surface area contributed by atoms with Gasteiger partial charge in [0.25, 0.3) is 0 Å². The van der Waals surface area contributed by atoms with Crippen molar-refractivity contribution in [1.82, 2.24) is 20.4 Å². The fourth-order valence-corrected chi connectivity index (χ4v) is 3.80. The summed E-state index contributed by atoms with van der Waals surface area (Å²) in [6.45, 7) is 7.26. The number of halogens is 1. The number of rotatable bonds is 6. The zero-order chi connectivity index (χ0) is 19.6. The Hall–Kier alpha value is -2.01. The molecule has 1 aliphatic rings. The molecule has 1 atom stereocenters. The summed E-state index contributed by atoms with van der Waals surface area (Å²) in [4.78, 5) is 4.41. The van der Waals surface area contributed by atoms with E-state index in [1.165, 1.54) is 29.7 Å². The molecule has 1 aromatic heterocycles. The van der Waals surface area contributed by atoms with Crippen molar-refractivity contribution < 1.29 is 0 Å². The third-order valence-electron chi connectivity index (χ3n) is 5.68. The van der Waals surface area contributed by atoms with Crippen molar-refractivity contribution in [1.29, 1.82) is 0 Å². The molecular formula is C21H30ClN5. The average Bonchev–Trinajstić information content (AvgIpc) is 3.39. The zero-order valence-corrected chi connectivity index (χ0v) is 17.7. The highest BCUT2D eigenvalue weighted by atomic mass is 35.5. The summed E-state index contributed by atoms with van der Waals surface area (Å²) in [6.07, 6.45) is 3.32. The van der Waals surface area contributed by atoms with Crippen molar-refractivity contribution in [2.45, 2.75) is 51.5 Å². The van der Waals surface area contributed by atoms with Crippen molar-refractivity contribution in [3.8, 4) is 0 Å². The summed E-state index contributed by atoms with van der Waals surface area (Å²) in [5.74, 6) is 0.849. The first-order valence-corrected chi connectivity index (χ1v) is 9.95. The van der Waals surface area contributed by atoms with Crippen molar-refractivity contribution in [3.05, 3.63) is 51.8 Å². The van der Waals surface area contributed by atoms with Crippen LogP contribution in [0, 0.1) is 13.8 Å². The van der Waals surface area contributed by atoms with Gasteiger partial charge < -0.3 is 10.6 Å². The lowest BCUT2D eigenvalue weighted by molar-refractivity contribution is 0.607. The maximum absolute atomic E-state index is 6.03. The molecule has 1 saturated carbocycles. The molecule has 0 bridgehead atoms. The maximum atomic E-state index is 6.03. The molecule has 0 spiro atoms. The molecule has 1 fully saturated rings. The van der Waals surface area contributed by atoms with Gasteiger partial charge in [-0.1, -0.05) is 23.7 Å². The Labute approximate surface area is 167 Å². The third kappa shape index (κ3) is 4.46. The summed E-state index contributed by atoms with van der Waals surface area (Å²) in [5, 5.41) is 12.3. The number of benzene rings is 1. The molecule has 1 unspecified atom stereocenters. The zero-order valence-electron chi connectivity index (χ0n) is 16.9. The highest BCUT2D eigenvalue weighted by molar-refractivity contribution is 6.30. The number of aromatic nitrogens is 2. The van der Waals surface area contributed by atoms with E-state index in [-0.39, 0.29) is 11.5 Å². The molecule has 27 heavy (non-hydrogen) atoms. The molecule has 2 N–H and O–H groups in total. The second kappa shape index (κ2) is 7.93. The summed E-state index contributed by atoms with van der Waals surface area (Å²) >= 11 is 6.03. The molecule has 1 aromatic carbocycles. The number of guanidine groups is 1. The van der Waals surface area contributed by atoms with Gasteiger partial charge in [0.05, 0.1) is 5.69 Å². The fraction of sp³-hybridized carbons (Fsp3) is 0.524. The van der Waals surface area contributed by atoms with Crippen LogP contribution in [0.25, 0.3) is 0 Å². The molecule has 146 valence electrons. The van der Waals surface area contributed by atoms with Gasteiger partial charge in [-0.25, -0.2) is 0 Å². The van der Waals surface area contributed by atoms with Crippen LogP contribution in [0.4, 0.5) is 0 Å². The molecule has 1 heterocycles. The van der Waals surface area contributed by atoms with Crippen LogP contribution in [0.2, 0.25) is 5.02 Å². The summed E-state index contributed by atoms with van der Waals surface area (Å²) in [5.41, 5.74) is 5.20. The monoisotopic (exact) mass is 387 g/mol. The first kappa shape index (κ1) is 19.7. The van der Waals surface area contributed by atoms with Crippen LogP contribution in [-0.4, -0.2) is 35.4 Å². The Morgan fingerprint density at radius 3 is 2.48 bits per heavy atom. The minimum atomic E-state index is 0.210. The fourth-order valence-electron chi connectivity index (χ4n) is 3.67. The van der Waals surface area contributed by atoms with E-state index in [9.17, 15) is 0 Å². The number of aliphatic imine (C=N–C) groups is 1. The topological polar surface area (TPSA) is 54.2 Å². The molecule has 5 nitrogen and oxygen atoms in total. The van der Waals surface area contributed by atoms with Gasteiger partial charge in [-0.3, -0.25) is 9.67 Å². The second-order valence-corrected chi connectivity index (χ2v) is 8.17. The molecule has 6 heteroatoms. The first-order valence-electron chi connectivity index (χ1n) is 9.57. The van der Waals surface area contributed by atoms with Crippen molar-refractivity contribution in [2.24, 2.45) is 12.0 Å². The SMILES string of the molecule is CN=C(NCC1(c2ccc(Cl)cc2)CC1)NC(C)Cc1c(C)nn(C)c1C. The Morgan fingerprint density at radius 2 is 1.96 bits per heavy atom. The van der Waals surface area contributed by atoms with Gasteiger partial charge in [-0.15, -0.1) is 0 Å². The number of hydrogen-bond donors (Lipinski definition) is 2. The molecule has 0 radical (unpaired) electrons. The second-order valence-electron chi connectivity index (χ2n) is 7.74. The van der Waals surface area contributed by atoms with Crippen LogP contribution in [0.1, 0.15) is 42.3 Å². The summed E-state index contributed by atoms with van der Waals surface area (Å²) in [6, 6.07) is 8.51. The van der Waals surface area contributed by atoms with E-state index in [0.29, 0.717) is 0 Å². The normalized spacial score (nSPS) is 16.9. The highest BCUT2D eigenvalue weighted by Crippen LogP contribution is 2.47. The minimum absolute atomic E-state index is 0.210. The number of nitrogens with one attached hydrogen (secondary N) is 2. The van der Waals surface area contributed by atoms with Gasteiger partial charge in [0, 0.05) is 42.8 Å². The molecule has 0 aliphatic heterocycles. The first-order chi connectivity index (χ1) is 12.8. The quantitative estimate of drug-likeness (QED) is 0.589. The van der Waals surface area contributed by atoms with E-state index in [0.717, 1.165) is 29.6 Å². The lowest BCUT2D eigenvalue weighted by atomic mass is 9.96. The predicted molar refractivity (Wildman–Crippen MR) is 113 cm³/mol. The van der Waals surface area contributed by atoms with Gasteiger partial charge in [0.1, 0.15) is 0 Å². The van der Waals surface area contributed by atoms with Crippen LogP contribution in [0.5, 0.6) is 0 Å². The van der Waals surface area contributed by atoms with E-state index in [4.69, 9.17) is 11.6 Å². The Kier molecular flexibility index (Phi) is 5.80. The van der Waals surface area contributed by atoms with Crippen LogP contribution >= 0.6 is 11.6 Å². The van der Waals surface area contributed by atoms with Crippen molar-refractivity contribution in [3.63, 3.8) is 0 Å². The van der Waals surface area contributed by atoms with Gasteiger partial charge in [0.2, 0.25) is 0 Å². The van der Waals surface area contributed by atoms with E-state index in [1.807, 2.05) is 30.9 Å². The lowest BCUT2D eigenvalue weighted by Crippen LogP contribution is -2.45. The smallest absolute Gasteiger partial charge is 0.191 e. The van der Waals surface area contributed by atoms with E-state index in [2.05, 4.69) is 53.6 Å². The molecule has 2 aromatic rings. The van der Waals surface area contributed by atoms with Gasteiger partial charge >= 0.3 is 0 Å². The molecular weight excluding hydrogens is 358 g/mol. The van der Waals surface area contributed by atoms with Crippen LogP contribution in [0.3, 0.4) is 0 Å². The predicted octanol–water partition coefficient (Wildman–Crippen LogP) is 3.52. The van der Waals surface area contributed by atoms with Crippen LogP contribution < -0.4 is 10.6 Å². The molecule has 3 rings (SSSR count). The Bertz CT molecular complexity index is 818. The van der Waals surface area contributed by atoms with Crippen LogP contribution in [0.15, 0.2) is 29.3 Å². The third-order valence-corrected chi connectivity index (χ3v) is 5.93. The van der Waals surface area contributed by atoms with E-state index in [1.54, 1.807) is 0 Å². The average molecular weight is 388 g/mol. The van der Waals surface area contributed by atoms with Crippen LogP contribution in [-0.2, 0) is 18.9 Å². The lowest BCUT2D eigenvalue weighted by Gasteiger charge is -2.22. The molecule has 1 aliphatic carbocycles. The maximum Gasteiger partial charge on any atom is 0.191 e. The largest absolute Gasteiger partial charge is 0.356 e. The van der Waals surface area contributed by atoms with Gasteiger partial charge in [-0.05, 0) is 63.3 Å². The highest BCUT2D eigenvalue weighted by Gasteiger charge is 2.44. The molecule has 0 saturated heterocycles. The van der Waals surface area contributed by atoms with Crippen molar-refractivity contribution in [2.75, 3.05) is 13.6 Å². The van der Waals surface area contributed by atoms with Gasteiger partial charge in [0.15, 0.2) is 5.96 Å². The standard InChI is InChI=1S/C21H30ClN5/c1-14(12-19-15(2)26-27(5)16(19)3)25-20(23-4)24-13-21(10-11-21)17-6-8-18(22)9-7-17/h6-9,14H,10-13H2,1-5H3,(H2,23,24,25). The Morgan fingerprint density at radius 1 is 1.30 bits per heavy atom. The van der Waals surface area contributed by atoms with Gasteiger partial charge in [-0.2, -0.15) is 5.10 Å². The minimum Gasteiger partial charge on any atom is -0.356 e. The number of nitrogens with zero attached hydrogens (tertiary/aromatic N) is 3. The Balaban J connectivity index is 1.57. The summed E-state index contributed by atoms with van der Waals surface area (Å²) in [7, 11) is 3.82.